The fourth-order valence-electron chi connectivity index (χ4n) is 3.98. The molecule has 4 rings (SSSR count). The topological polar surface area (TPSA) is 12.5 Å². The molecule has 1 heterocycles. The first-order valence-corrected chi connectivity index (χ1v) is 7.71. The normalized spacial score (nSPS) is 30.1. The van der Waals surface area contributed by atoms with Crippen LogP contribution < -0.4 is 9.64 Å². The van der Waals surface area contributed by atoms with Crippen LogP contribution in [0.25, 0.3) is 0 Å². The minimum atomic E-state index is 0.342. The van der Waals surface area contributed by atoms with Crippen LogP contribution in [0.5, 0.6) is 5.75 Å². The van der Waals surface area contributed by atoms with Gasteiger partial charge in [-0.2, -0.15) is 0 Å². The Hall–Kier alpha value is -1.96. The Balaban J connectivity index is 1.72. The molecule has 0 aromatic heterocycles. The van der Waals surface area contributed by atoms with E-state index in [1.165, 1.54) is 24.1 Å². The monoisotopic (exact) mass is 279 g/mol. The van der Waals surface area contributed by atoms with E-state index >= 15 is 0 Å². The fourth-order valence-corrected chi connectivity index (χ4v) is 3.98. The van der Waals surface area contributed by atoms with E-state index in [0.717, 1.165) is 11.7 Å². The van der Waals surface area contributed by atoms with E-state index in [9.17, 15) is 0 Å². The van der Waals surface area contributed by atoms with Crippen molar-refractivity contribution in [1.29, 1.82) is 0 Å². The molecular weight excluding hydrogens is 258 g/mol. The van der Waals surface area contributed by atoms with E-state index in [4.69, 9.17) is 4.74 Å². The second kappa shape index (κ2) is 4.52. The highest BCUT2D eigenvalue weighted by Gasteiger charge is 2.62. The molecule has 0 amide bonds. The maximum absolute atomic E-state index is 5.29. The Kier molecular flexibility index (Phi) is 2.75. The Morgan fingerprint density at radius 1 is 1.05 bits per heavy atom. The van der Waals surface area contributed by atoms with E-state index in [1.807, 2.05) is 0 Å². The molecule has 1 saturated heterocycles. The maximum Gasteiger partial charge on any atom is 0.119 e. The van der Waals surface area contributed by atoms with Gasteiger partial charge in [0.25, 0.3) is 0 Å². The molecule has 0 unspecified atom stereocenters. The number of benzene rings is 2. The predicted molar refractivity (Wildman–Crippen MR) is 85.8 cm³/mol. The van der Waals surface area contributed by atoms with Crippen molar-refractivity contribution in [3.05, 3.63) is 60.2 Å². The van der Waals surface area contributed by atoms with Gasteiger partial charge in [-0.05, 0) is 55.5 Å². The molecule has 0 spiro atoms. The van der Waals surface area contributed by atoms with Crippen molar-refractivity contribution < 1.29 is 4.74 Å². The first-order valence-electron chi connectivity index (χ1n) is 7.71. The zero-order valence-corrected chi connectivity index (χ0v) is 12.6. The average Bonchev–Trinajstić information content (AvgIpc) is 3.10. The van der Waals surface area contributed by atoms with Gasteiger partial charge in [0.05, 0.1) is 13.2 Å². The van der Waals surface area contributed by atoms with Crippen LogP contribution in [0.3, 0.4) is 0 Å². The van der Waals surface area contributed by atoms with Crippen molar-refractivity contribution in [3.8, 4) is 5.75 Å². The van der Waals surface area contributed by atoms with Crippen molar-refractivity contribution in [2.45, 2.75) is 31.3 Å². The fraction of sp³-hybridized carbons (Fsp3) is 0.368. The van der Waals surface area contributed by atoms with Crippen LogP contribution in [0.1, 0.15) is 31.4 Å². The molecule has 2 heteroatoms. The molecule has 0 radical (unpaired) electrons. The van der Waals surface area contributed by atoms with Gasteiger partial charge in [0.15, 0.2) is 0 Å². The molecule has 2 aliphatic rings. The first-order chi connectivity index (χ1) is 10.2. The molecule has 1 saturated carbocycles. The van der Waals surface area contributed by atoms with Crippen molar-refractivity contribution in [3.63, 3.8) is 0 Å². The smallest absolute Gasteiger partial charge is 0.119 e. The third-order valence-electron chi connectivity index (χ3n) is 5.28. The zero-order chi connectivity index (χ0) is 14.4. The lowest BCUT2D eigenvalue weighted by Crippen LogP contribution is -2.34. The Morgan fingerprint density at radius 3 is 2.43 bits per heavy atom. The second-order valence-electron chi connectivity index (χ2n) is 6.49. The van der Waals surface area contributed by atoms with E-state index in [1.54, 1.807) is 7.11 Å². The quantitative estimate of drug-likeness (QED) is 0.824. The largest absolute Gasteiger partial charge is 0.497 e. The first kappa shape index (κ1) is 12.8. The highest BCUT2D eigenvalue weighted by molar-refractivity contribution is 5.58. The Bertz CT molecular complexity index is 636. The summed E-state index contributed by atoms with van der Waals surface area (Å²) in [6.07, 6.45) is 2.59. The second-order valence-corrected chi connectivity index (χ2v) is 6.49. The molecule has 3 atom stereocenters. The van der Waals surface area contributed by atoms with Gasteiger partial charge in [-0.1, -0.05) is 30.3 Å². The van der Waals surface area contributed by atoms with Gasteiger partial charge >= 0.3 is 0 Å². The maximum atomic E-state index is 5.29. The lowest BCUT2D eigenvalue weighted by molar-refractivity contribution is 0.414. The number of ether oxygens (including phenoxy) is 1. The van der Waals surface area contributed by atoms with E-state index in [2.05, 4.69) is 66.4 Å². The lowest BCUT2D eigenvalue weighted by Gasteiger charge is -2.35. The molecule has 2 aromatic rings. The van der Waals surface area contributed by atoms with Gasteiger partial charge in [0, 0.05) is 11.2 Å². The van der Waals surface area contributed by atoms with E-state index in [-0.39, 0.29) is 0 Å². The molecule has 0 bridgehead atoms. The van der Waals surface area contributed by atoms with Gasteiger partial charge in [-0.3, -0.25) is 0 Å². The van der Waals surface area contributed by atoms with Crippen molar-refractivity contribution in [1.82, 2.24) is 0 Å². The molecule has 0 N–H and O–H groups in total. The molecular formula is C19H21NO. The Morgan fingerprint density at radius 2 is 1.76 bits per heavy atom. The van der Waals surface area contributed by atoms with Crippen molar-refractivity contribution in [2.75, 3.05) is 12.0 Å². The lowest BCUT2D eigenvalue weighted by atomic mass is 10.0. The zero-order valence-electron chi connectivity index (χ0n) is 12.6. The van der Waals surface area contributed by atoms with Gasteiger partial charge < -0.3 is 9.64 Å². The highest BCUT2D eigenvalue weighted by atomic mass is 16.5. The predicted octanol–water partition coefficient (Wildman–Crippen LogP) is 4.43. The number of anilines is 1. The van der Waals surface area contributed by atoms with Gasteiger partial charge in [0.2, 0.25) is 0 Å². The minimum absolute atomic E-state index is 0.342. The van der Waals surface area contributed by atoms with Crippen LogP contribution in [0, 0.1) is 5.92 Å². The van der Waals surface area contributed by atoms with Crippen LogP contribution >= 0.6 is 0 Å². The standard InChI is InChI=1S/C19H21NO/c1-19-13-15(19)12-18(14-6-4-3-5-7-14)20(19)16-8-10-17(21-2)11-9-16/h3-11,15,18H,12-13H2,1-2H3/t15-,18-,19+/m0/s1. The molecule has 108 valence electrons. The summed E-state index contributed by atoms with van der Waals surface area (Å²) in [5, 5.41) is 0. The summed E-state index contributed by atoms with van der Waals surface area (Å²) in [5.74, 6) is 1.76. The van der Waals surface area contributed by atoms with Crippen molar-refractivity contribution >= 4 is 5.69 Å². The minimum Gasteiger partial charge on any atom is -0.497 e. The molecule has 21 heavy (non-hydrogen) atoms. The summed E-state index contributed by atoms with van der Waals surface area (Å²) in [6, 6.07) is 19.9. The number of hydrogen-bond donors (Lipinski definition) is 0. The SMILES string of the molecule is COc1ccc(N2[C@H](c3ccccc3)C[C@H]3C[C@]32C)cc1. The number of methoxy groups -OCH3 is 1. The number of rotatable bonds is 3. The number of piperidine rings is 1. The summed E-state index contributed by atoms with van der Waals surface area (Å²) < 4.78 is 5.29. The van der Waals surface area contributed by atoms with Crippen molar-refractivity contribution in [2.24, 2.45) is 5.92 Å². The summed E-state index contributed by atoms with van der Waals surface area (Å²) in [7, 11) is 1.72. The van der Waals surface area contributed by atoms with Gasteiger partial charge in [-0.25, -0.2) is 0 Å². The number of nitrogens with zero attached hydrogens (tertiary/aromatic N) is 1. The van der Waals surface area contributed by atoms with Crippen LogP contribution in [0.15, 0.2) is 54.6 Å². The summed E-state index contributed by atoms with van der Waals surface area (Å²) in [5.41, 5.74) is 3.09. The highest BCUT2D eigenvalue weighted by Crippen LogP contribution is 2.63. The molecule has 1 aliphatic heterocycles. The molecule has 2 fully saturated rings. The van der Waals surface area contributed by atoms with Gasteiger partial charge in [0.1, 0.15) is 5.75 Å². The average molecular weight is 279 g/mol. The Labute approximate surface area is 126 Å². The third kappa shape index (κ3) is 1.93. The van der Waals surface area contributed by atoms with Crippen LogP contribution in [-0.4, -0.2) is 12.6 Å². The molecule has 2 nitrogen and oxygen atoms in total. The number of fused-ring (bicyclic) bond motifs is 1. The summed E-state index contributed by atoms with van der Waals surface area (Å²) in [4.78, 5) is 2.63. The van der Waals surface area contributed by atoms with Crippen LogP contribution in [0.2, 0.25) is 0 Å². The number of hydrogen-bond acceptors (Lipinski definition) is 2. The summed E-state index contributed by atoms with van der Waals surface area (Å²) >= 11 is 0. The summed E-state index contributed by atoms with van der Waals surface area (Å²) in [6.45, 7) is 2.41. The molecule has 2 aromatic carbocycles. The van der Waals surface area contributed by atoms with E-state index < -0.39 is 0 Å². The third-order valence-corrected chi connectivity index (χ3v) is 5.28. The van der Waals surface area contributed by atoms with E-state index in [0.29, 0.717) is 11.6 Å². The molecule has 1 aliphatic carbocycles. The van der Waals surface area contributed by atoms with Crippen LogP contribution in [0.4, 0.5) is 5.69 Å². The van der Waals surface area contributed by atoms with Crippen LogP contribution in [-0.2, 0) is 0 Å². The van der Waals surface area contributed by atoms with Gasteiger partial charge in [-0.15, -0.1) is 0 Å².